The van der Waals surface area contributed by atoms with Gasteiger partial charge in [-0.2, -0.15) is 0 Å². The van der Waals surface area contributed by atoms with Crippen LogP contribution in [0.15, 0.2) is 12.4 Å². The fourth-order valence-corrected chi connectivity index (χ4v) is 2.78. The average Bonchev–Trinajstić information content (AvgIpc) is 2.54. The highest BCUT2D eigenvalue weighted by molar-refractivity contribution is 7.40. The van der Waals surface area contributed by atoms with Crippen LogP contribution in [0.4, 0.5) is 0 Å². The zero-order chi connectivity index (χ0) is 19.4. The predicted octanol–water partition coefficient (Wildman–Crippen LogP) is 6.14. The third-order valence-corrected chi connectivity index (χ3v) is 4.68. The molecule has 0 aromatic carbocycles. The minimum absolute atomic E-state index is 0.907. The summed E-state index contributed by atoms with van der Waals surface area (Å²) in [6.07, 6.45) is 20.4. The number of rotatable bonds is 16. The third kappa shape index (κ3) is 32.1. The van der Waals surface area contributed by atoms with Gasteiger partial charge in [0.25, 0.3) is 0 Å². The maximum atomic E-state index is 9.32. The van der Waals surface area contributed by atoms with E-state index in [1.165, 1.54) is 96.4 Å². The predicted molar refractivity (Wildman–Crippen MR) is 112 cm³/mol. The second-order valence-electron chi connectivity index (χ2n) is 8.13. The first-order valence-electron chi connectivity index (χ1n) is 10.5. The molecular weight excluding hydrogens is 329 g/mol. The molecule has 1 unspecified atom stereocenters. The molecule has 25 heavy (non-hydrogen) atoms. The molecule has 3 nitrogen and oxygen atoms in total. The van der Waals surface area contributed by atoms with E-state index in [9.17, 15) is 9.46 Å². The highest BCUT2D eigenvalue weighted by Gasteiger charge is 2.04. The molecule has 0 aromatic rings. The first kappa shape index (κ1) is 27.1. The van der Waals surface area contributed by atoms with Crippen LogP contribution in [0, 0.1) is 0 Å². The van der Waals surface area contributed by atoms with Crippen molar-refractivity contribution in [2.24, 2.45) is 0 Å². The second kappa shape index (κ2) is 20.2. The van der Waals surface area contributed by atoms with Crippen LogP contribution in [0.1, 0.15) is 96.8 Å². The molecule has 0 saturated carbocycles. The van der Waals surface area contributed by atoms with E-state index in [4.69, 9.17) is 0 Å². The number of quaternary nitrogens is 1. The zero-order valence-electron chi connectivity index (χ0n) is 17.7. The van der Waals surface area contributed by atoms with Crippen LogP contribution in [0.25, 0.3) is 0 Å². The molecule has 0 bridgehead atoms. The smallest absolute Gasteiger partial charge is 0.0780 e. The van der Waals surface area contributed by atoms with Gasteiger partial charge in [-0.3, -0.25) is 0 Å². The van der Waals surface area contributed by atoms with Gasteiger partial charge in [0.05, 0.1) is 27.7 Å². The lowest BCUT2D eigenvalue weighted by Gasteiger charge is -2.23. The number of hydrogen-bond donors (Lipinski definition) is 0. The van der Waals surface area contributed by atoms with Gasteiger partial charge in [0.2, 0.25) is 0 Å². The molecule has 0 aliphatic heterocycles. The summed E-state index contributed by atoms with van der Waals surface area (Å²) >= 11 is 0. The van der Waals surface area contributed by atoms with Gasteiger partial charge in [-0.1, -0.05) is 90.6 Å². The Kier molecular flexibility index (Phi) is 21.9. The van der Waals surface area contributed by atoms with E-state index in [2.05, 4.69) is 34.6 Å². The van der Waals surface area contributed by atoms with Gasteiger partial charge in [-0.15, -0.1) is 0 Å². The lowest BCUT2D eigenvalue weighted by Crippen LogP contribution is -2.35. The van der Waals surface area contributed by atoms with Crippen LogP contribution in [0.5, 0.6) is 0 Å². The first-order valence-corrected chi connectivity index (χ1v) is 11.9. The Balaban J connectivity index is 0. The van der Waals surface area contributed by atoms with E-state index in [0.29, 0.717) is 0 Å². The Morgan fingerprint density at radius 3 is 1.28 bits per heavy atom. The molecule has 0 aliphatic carbocycles. The minimum atomic E-state index is -2.61. The van der Waals surface area contributed by atoms with Gasteiger partial charge >= 0.3 is 0 Å². The third-order valence-electron chi connectivity index (χ3n) is 4.35. The highest BCUT2D eigenvalue weighted by Crippen LogP contribution is 2.13. The van der Waals surface area contributed by atoms with Crippen LogP contribution in [0.2, 0.25) is 0 Å². The van der Waals surface area contributed by atoms with Gasteiger partial charge in [-0.05, 0) is 18.7 Å². The van der Waals surface area contributed by atoms with Gasteiger partial charge < -0.3 is 13.9 Å². The molecular formula is C21H46NO2P. The van der Waals surface area contributed by atoms with Crippen LogP contribution >= 0.6 is 8.03 Å². The van der Waals surface area contributed by atoms with Crippen LogP contribution in [-0.2, 0) is 4.57 Å². The maximum Gasteiger partial charge on any atom is 0.0780 e. The average molecular weight is 376 g/mol. The molecule has 0 heterocycles. The van der Waals surface area contributed by atoms with E-state index in [0.717, 1.165) is 10.3 Å². The van der Waals surface area contributed by atoms with Crippen molar-refractivity contribution < 1.29 is 13.9 Å². The van der Waals surface area contributed by atoms with E-state index < -0.39 is 8.03 Å². The van der Waals surface area contributed by atoms with Crippen LogP contribution in [0.3, 0.4) is 0 Å². The molecule has 0 rings (SSSR count). The standard InChI is InChI=1S/C19H42N.C2H5O2P/c1-5-6-7-8-9-10-11-12-13-14-15-16-17-18-19-20(2,3)4;1-2-5(3)4/h5-19H2,1-4H3;2,5H,1H2,(H,3,4)/q+1;/p-1. The van der Waals surface area contributed by atoms with Crippen molar-refractivity contribution in [2.45, 2.75) is 96.8 Å². The van der Waals surface area contributed by atoms with Gasteiger partial charge in [0.1, 0.15) is 0 Å². The second-order valence-corrected chi connectivity index (χ2v) is 9.18. The highest BCUT2D eigenvalue weighted by atomic mass is 31.1. The largest absolute Gasteiger partial charge is 0.799 e. The topological polar surface area (TPSA) is 40.1 Å². The molecule has 1 atom stereocenters. The van der Waals surface area contributed by atoms with Crippen molar-refractivity contribution >= 4 is 8.03 Å². The molecule has 4 heteroatoms. The summed E-state index contributed by atoms with van der Waals surface area (Å²) in [5.41, 5.74) is 0. The lowest BCUT2D eigenvalue weighted by atomic mass is 10.0. The Morgan fingerprint density at radius 2 is 1.04 bits per heavy atom. The fourth-order valence-electron chi connectivity index (χ4n) is 2.78. The summed E-state index contributed by atoms with van der Waals surface area (Å²) in [6, 6.07) is 0. The molecule has 0 spiro atoms. The SMILES string of the molecule is C=C[PH](=O)[O-].CCCCCCCCCCCCCCCC[N+](C)(C)C. The normalized spacial score (nSPS) is 12.4. The van der Waals surface area contributed by atoms with Crippen LogP contribution in [-0.4, -0.2) is 32.2 Å². The summed E-state index contributed by atoms with van der Waals surface area (Å²) in [4.78, 5) is 9.32. The monoisotopic (exact) mass is 375 g/mol. The van der Waals surface area contributed by atoms with Crippen LogP contribution < -0.4 is 4.89 Å². The number of hydrogen-bond acceptors (Lipinski definition) is 2. The number of nitrogens with zero attached hydrogens (tertiary/aromatic N) is 1. The quantitative estimate of drug-likeness (QED) is 0.185. The summed E-state index contributed by atoms with van der Waals surface area (Å²) in [5.74, 6) is 0.907. The maximum absolute atomic E-state index is 9.32. The van der Waals surface area contributed by atoms with Crippen molar-refractivity contribution in [3.8, 4) is 0 Å². The molecule has 0 N–H and O–H groups in total. The van der Waals surface area contributed by atoms with Gasteiger partial charge in [0, 0.05) is 8.03 Å². The van der Waals surface area contributed by atoms with Crippen molar-refractivity contribution in [2.75, 3.05) is 27.7 Å². The van der Waals surface area contributed by atoms with Gasteiger partial charge in [-0.25, -0.2) is 0 Å². The minimum Gasteiger partial charge on any atom is -0.799 e. The molecule has 0 aromatic heterocycles. The summed E-state index contributed by atoms with van der Waals surface area (Å²) < 4.78 is 10.4. The van der Waals surface area contributed by atoms with E-state index in [-0.39, 0.29) is 0 Å². The van der Waals surface area contributed by atoms with Crippen molar-refractivity contribution in [3.63, 3.8) is 0 Å². The zero-order valence-corrected chi connectivity index (χ0v) is 18.7. The van der Waals surface area contributed by atoms with E-state index in [1.54, 1.807) is 0 Å². The molecule has 0 aliphatic rings. The van der Waals surface area contributed by atoms with E-state index >= 15 is 0 Å². The molecule has 152 valence electrons. The molecule has 0 amide bonds. The Hall–Kier alpha value is -0.110. The Bertz CT molecular complexity index is 301. The Morgan fingerprint density at radius 1 is 0.760 bits per heavy atom. The Labute approximate surface area is 159 Å². The lowest BCUT2D eigenvalue weighted by molar-refractivity contribution is -0.870. The summed E-state index contributed by atoms with van der Waals surface area (Å²) in [6.45, 7) is 6.61. The fraction of sp³-hybridized carbons (Fsp3) is 0.905. The van der Waals surface area contributed by atoms with Crippen molar-refractivity contribution in [1.29, 1.82) is 0 Å². The summed E-state index contributed by atoms with van der Waals surface area (Å²) in [7, 11) is 4.27. The van der Waals surface area contributed by atoms with Gasteiger partial charge in [0.15, 0.2) is 0 Å². The van der Waals surface area contributed by atoms with Crippen molar-refractivity contribution in [1.82, 2.24) is 0 Å². The number of unbranched alkanes of at least 4 members (excludes halogenated alkanes) is 13. The van der Waals surface area contributed by atoms with Crippen molar-refractivity contribution in [3.05, 3.63) is 12.4 Å². The molecule has 0 fully saturated rings. The van der Waals surface area contributed by atoms with E-state index in [1.807, 2.05) is 0 Å². The molecule has 0 radical (unpaired) electrons. The summed E-state index contributed by atoms with van der Waals surface area (Å²) in [5, 5.41) is 0. The molecule has 0 saturated heterocycles. The first-order chi connectivity index (χ1) is 11.8.